The molecule has 37 heavy (non-hydrogen) atoms. The van der Waals surface area contributed by atoms with Crippen molar-refractivity contribution >= 4 is 23.3 Å². The van der Waals surface area contributed by atoms with Crippen LogP contribution in [0.5, 0.6) is 5.75 Å². The molecule has 0 radical (unpaired) electrons. The SMILES string of the molecule is CCn1nc(C(=O)NCC2(O)CCC(C)CC2)c(Cl)c1-c1cnc(NC(C)C(F)(F)F)cc1OC(F)F. The van der Waals surface area contributed by atoms with E-state index in [0.29, 0.717) is 18.8 Å². The van der Waals surface area contributed by atoms with Crippen molar-refractivity contribution in [1.29, 1.82) is 0 Å². The molecule has 1 amide bonds. The summed E-state index contributed by atoms with van der Waals surface area (Å²) in [6, 6.07) is -1.11. The minimum absolute atomic E-state index is 0.0117. The van der Waals surface area contributed by atoms with E-state index in [1.165, 1.54) is 4.68 Å². The molecule has 0 saturated heterocycles. The molecule has 2 aromatic rings. The van der Waals surface area contributed by atoms with Crippen LogP contribution in [-0.4, -0.2) is 56.8 Å². The molecular weight excluding hydrogens is 525 g/mol. The maximum atomic E-state index is 13.2. The lowest BCUT2D eigenvalue weighted by molar-refractivity contribution is -0.138. The summed E-state index contributed by atoms with van der Waals surface area (Å²) < 4.78 is 70.9. The monoisotopic (exact) mass is 553 g/mol. The number of aliphatic hydroxyl groups is 1. The van der Waals surface area contributed by atoms with Gasteiger partial charge in [-0.3, -0.25) is 9.48 Å². The van der Waals surface area contributed by atoms with Crippen LogP contribution in [0.3, 0.4) is 0 Å². The first-order chi connectivity index (χ1) is 17.2. The van der Waals surface area contributed by atoms with Crippen LogP contribution in [0.4, 0.5) is 27.8 Å². The summed E-state index contributed by atoms with van der Waals surface area (Å²) in [5, 5.41) is 19.5. The molecular formula is C23H29ClF5N5O3. The first kappa shape index (κ1) is 28.9. The van der Waals surface area contributed by atoms with Gasteiger partial charge in [-0.25, -0.2) is 4.98 Å². The summed E-state index contributed by atoms with van der Waals surface area (Å²) in [6.45, 7) is 1.47. The number of carbonyl (C=O) groups excluding carboxylic acids is 1. The third-order valence-electron chi connectivity index (χ3n) is 6.38. The Bertz CT molecular complexity index is 1100. The second kappa shape index (κ2) is 11.4. The van der Waals surface area contributed by atoms with E-state index in [9.17, 15) is 31.9 Å². The number of alkyl halides is 5. The predicted octanol–water partition coefficient (Wildman–Crippen LogP) is 5.25. The third kappa shape index (κ3) is 7.01. The standard InChI is InChI=1S/C23H29ClF5N5O3/c1-4-34-19(14-10-30-16(9-15(14)37-21(25)26)32-13(3)23(27,28)29)17(24)18(33-34)20(35)31-11-22(36)7-5-12(2)6-8-22/h9-10,12-13,21,36H,4-8,11H2,1-3H3,(H,30,32)(H,31,35). The Morgan fingerprint density at radius 3 is 2.57 bits per heavy atom. The zero-order valence-electron chi connectivity index (χ0n) is 20.5. The molecule has 0 aliphatic heterocycles. The molecule has 1 fully saturated rings. The number of amides is 1. The Balaban J connectivity index is 1.91. The summed E-state index contributed by atoms with van der Waals surface area (Å²) in [5.41, 5.74) is -1.33. The van der Waals surface area contributed by atoms with Crippen LogP contribution < -0.4 is 15.4 Å². The number of carbonyl (C=O) groups is 1. The highest BCUT2D eigenvalue weighted by atomic mass is 35.5. The molecule has 206 valence electrons. The number of aromatic nitrogens is 3. The van der Waals surface area contributed by atoms with Crippen molar-refractivity contribution in [2.45, 2.75) is 77.4 Å². The summed E-state index contributed by atoms with van der Waals surface area (Å²) >= 11 is 6.46. The van der Waals surface area contributed by atoms with Gasteiger partial charge in [0.15, 0.2) is 5.69 Å². The van der Waals surface area contributed by atoms with E-state index >= 15 is 0 Å². The number of rotatable bonds is 9. The van der Waals surface area contributed by atoms with Gasteiger partial charge in [-0.2, -0.15) is 27.1 Å². The molecule has 3 N–H and O–H groups in total. The highest BCUT2D eigenvalue weighted by Crippen LogP contribution is 2.39. The molecule has 3 rings (SSSR count). The van der Waals surface area contributed by atoms with Crippen molar-refractivity contribution in [3.63, 3.8) is 0 Å². The van der Waals surface area contributed by atoms with Crippen molar-refractivity contribution in [2.24, 2.45) is 5.92 Å². The number of hydrogen-bond donors (Lipinski definition) is 3. The molecule has 14 heteroatoms. The predicted molar refractivity (Wildman–Crippen MR) is 127 cm³/mol. The fourth-order valence-corrected chi connectivity index (χ4v) is 4.39. The van der Waals surface area contributed by atoms with Gasteiger partial charge in [-0.05, 0) is 45.4 Å². The minimum atomic E-state index is -4.60. The Morgan fingerprint density at radius 1 is 1.35 bits per heavy atom. The van der Waals surface area contributed by atoms with E-state index in [-0.39, 0.29) is 40.9 Å². The highest BCUT2D eigenvalue weighted by molar-refractivity contribution is 6.36. The second-order valence-electron chi connectivity index (χ2n) is 9.27. The lowest BCUT2D eigenvalue weighted by Gasteiger charge is -2.34. The zero-order chi connectivity index (χ0) is 27.5. The van der Waals surface area contributed by atoms with Crippen LogP contribution in [0.2, 0.25) is 5.02 Å². The van der Waals surface area contributed by atoms with Gasteiger partial charge in [-0.1, -0.05) is 18.5 Å². The van der Waals surface area contributed by atoms with Crippen LogP contribution in [-0.2, 0) is 6.54 Å². The van der Waals surface area contributed by atoms with Gasteiger partial charge in [0, 0.05) is 25.4 Å². The van der Waals surface area contributed by atoms with Gasteiger partial charge >= 0.3 is 12.8 Å². The molecule has 2 heterocycles. The van der Waals surface area contributed by atoms with Crippen molar-refractivity contribution in [2.75, 3.05) is 11.9 Å². The number of nitrogens with zero attached hydrogens (tertiary/aromatic N) is 3. The third-order valence-corrected chi connectivity index (χ3v) is 6.74. The molecule has 0 spiro atoms. The van der Waals surface area contributed by atoms with Crippen LogP contribution in [0.25, 0.3) is 11.3 Å². The molecule has 1 atom stereocenters. The van der Waals surface area contributed by atoms with Gasteiger partial charge in [0.2, 0.25) is 0 Å². The highest BCUT2D eigenvalue weighted by Gasteiger charge is 2.37. The average Bonchev–Trinajstić information content (AvgIpc) is 3.15. The van der Waals surface area contributed by atoms with E-state index in [4.69, 9.17) is 11.6 Å². The molecule has 1 aliphatic carbocycles. The normalized spacial score (nSPS) is 21.1. The summed E-state index contributed by atoms with van der Waals surface area (Å²) in [5.74, 6) is -1.04. The van der Waals surface area contributed by atoms with E-state index in [1.807, 2.05) is 0 Å². The zero-order valence-corrected chi connectivity index (χ0v) is 21.3. The van der Waals surface area contributed by atoms with Crippen LogP contribution in [0.15, 0.2) is 12.3 Å². The molecule has 0 aromatic carbocycles. The van der Waals surface area contributed by atoms with Gasteiger partial charge in [0.05, 0.1) is 21.9 Å². The first-order valence-electron chi connectivity index (χ1n) is 11.8. The topological polar surface area (TPSA) is 101 Å². The number of nitrogens with one attached hydrogen (secondary N) is 2. The van der Waals surface area contributed by atoms with Gasteiger partial charge in [0.1, 0.15) is 17.6 Å². The molecule has 8 nitrogen and oxygen atoms in total. The minimum Gasteiger partial charge on any atom is -0.434 e. The fraction of sp³-hybridized carbons (Fsp3) is 0.609. The van der Waals surface area contributed by atoms with E-state index in [1.54, 1.807) is 6.92 Å². The van der Waals surface area contributed by atoms with Crippen molar-refractivity contribution in [3.8, 4) is 17.0 Å². The maximum absolute atomic E-state index is 13.2. The van der Waals surface area contributed by atoms with Gasteiger partial charge in [0.25, 0.3) is 5.91 Å². The van der Waals surface area contributed by atoms with Crippen molar-refractivity contribution in [1.82, 2.24) is 20.1 Å². The molecule has 2 aromatic heterocycles. The largest absolute Gasteiger partial charge is 0.434 e. The van der Waals surface area contributed by atoms with Gasteiger partial charge in [-0.15, -0.1) is 0 Å². The van der Waals surface area contributed by atoms with Crippen molar-refractivity contribution in [3.05, 3.63) is 23.0 Å². The Hall–Kier alpha value is -2.67. The summed E-state index contributed by atoms with van der Waals surface area (Å²) in [6.07, 6.45) is -0.859. The number of hydrogen-bond acceptors (Lipinski definition) is 6. The van der Waals surface area contributed by atoms with E-state index in [2.05, 4.69) is 32.4 Å². The second-order valence-corrected chi connectivity index (χ2v) is 9.65. The van der Waals surface area contributed by atoms with Crippen LogP contribution in [0.1, 0.15) is 56.9 Å². The molecule has 1 unspecified atom stereocenters. The fourth-order valence-electron chi connectivity index (χ4n) is 4.07. The Labute approximate surface area is 215 Å². The quantitative estimate of drug-likeness (QED) is 0.367. The first-order valence-corrected chi connectivity index (χ1v) is 12.2. The van der Waals surface area contributed by atoms with E-state index in [0.717, 1.165) is 32.0 Å². The Kier molecular flexibility index (Phi) is 8.89. The lowest BCUT2D eigenvalue weighted by atomic mass is 9.79. The summed E-state index contributed by atoms with van der Waals surface area (Å²) in [7, 11) is 0. The van der Waals surface area contributed by atoms with Crippen molar-refractivity contribution < 1.29 is 36.6 Å². The van der Waals surface area contributed by atoms with Crippen LogP contribution in [0, 0.1) is 5.92 Å². The molecule has 1 aliphatic rings. The number of aryl methyl sites for hydroxylation is 1. The maximum Gasteiger partial charge on any atom is 0.408 e. The summed E-state index contributed by atoms with van der Waals surface area (Å²) in [4.78, 5) is 16.8. The number of halogens is 6. The molecule has 1 saturated carbocycles. The number of anilines is 1. The number of ether oxygens (including phenoxy) is 1. The lowest BCUT2D eigenvalue weighted by Crippen LogP contribution is -2.45. The average molecular weight is 554 g/mol. The van der Waals surface area contributed by atoms with Crippen LogP contribution >= 0.6 is 11.6 Å². The molecule has 0 bridgehead atoms. The number of pyridine rings is 1. The van der Waals surface area contributed by atoms with Gasteiger partial charge < -0.3 is 20.5 Å². The smallest absolute Gasteiger partial charge is 0.408 e. The van der Waals surface area contributed by atoms with E-state index < -0.39 is 36.1 Å². The Morgan fingerprint density at radius 2 is 2.00 bits per heavy atom.